The van der Waals surface area contributed by atoms with Crippen LogP contribution in [-0.2, 0) is 4.74 Å². The van der Waals surface area contributed by atoms with Gasteiger partial charge < -0.3 is 4.74 Å². The highest BCUT2D eigenvalue weighted by Crippen LogP contribution is 2.30. The van der Waals surface area contributed by atoms with Gasteiger partial charge in [-0.1, -0.05) is 42.5 Å². The summed E-state index contributed by atoms with van der Waals surface area (Å²) in [6, 6.07) is 15.4. The van der Waals surface area contributed by atoms with Gasteiger partial charge in [0, 0.05) is 17.0 Å². The first-order valence-electron chi connectivity index (χ1n) is 7.42. The van der Waals surface area contributed by atoms with Crippen LogP contribution in [0.1, 0.15) is 17.3 Å². The van der Waals surface area contributed by atoms with Crippen molar-refractivity contribution in [3.63, 3.8) is 0 Å². The van der Waals surface area contributed by atoms with Crippen molar-refractivity contribution < 1.29 is 14.5 Å². The predicted molar refractivity (Wildman–Crippen MR) is 89.8 cm³/mol. The number of para-hydroxylation sites is 1. The van der Waals surface area contributed by atoms with Crippen molar-refractivity contribution in [2.75, 3.05) is 6.61 Å². The third-order valence-electron chi connectivity index (χ3n) is 3.58. The van der Waals surface area contributed by atoms with Crippen molar-refractivity contribution in [1.29, 1.82) is 0 Å². The Hall–Kier alpha value is -3.28. The van der Waals surface area contributed by atoms with E-state index < -0.39 is 10.9 Å². The van der Waals surface area contributed by atoms with Gasteiger partial charge in [-0.05, 0) is 13.0 Å². The Labute approximate surface area is 137 Å². The summed E-state index contributed by atoms with van der Waals surface area (Å²) in [6.45, 7) is 1.93. The van der Waals surface area contributed by atoms with E-state index in [0.29, 0.717) is 11.1 Å². The number of carbonyl (C=O) groups is 1. The SMILES string of the molecule is CCOC(=O)c1cc(-c2ccccc2)nc2c([N+](=O)[O-])cccc12. The van der Waals surface area contributed by atoms with Crippen LogP contribution in [0.4, 0.5) is 5.69 Å². The molecule has 120 valence electrons. The molecule has 0 saturated heterocycles. The molecule has 24 heavy (non-hydrogen) atoms. The smallest absolute Gasteiger partial charge is 0.338 e. The van der Waals surface area contributed by atoms with Crippen molar-refractivity contribution in [2.24, 2.45) is 0 Å². The molecule has 0 radical (unpaired) electrons. The summed E-state index contributed by atoms with van der Waals surface area (Å²) in [5.74, 6) is -0.525. The molecule has 0 unspecified atom stereocenters. The van der Waals surface area contributed by atoms with Crippen molar-refractivity contribution >= 4 is 22.6 Å². The number of non-ortho nitro benzene ring substituents is 1. The number of aromatic nitrogens is 1. The van der Waals surface area contributed by atoms with Gasteiger partial charge in [-0.25, -0.2) is 9.78 Å². The molecule has 1 aromatic heterocycles. The fourth-order valence-electron chi connectivity index (χ4n) is 2.52. The maximum absolute atomic E-state index is 12.3. The first kappa shape index (κ1) is 15.6. The van der Waals surface area contributed by atoms with Gasteiger partial charge in [0.05, 0.1) is 22.8 Å². The van der Waals surface area contributed by atoms with Crippen LogP contribution in [0.15, 0.2) is 54.6 Å². The quantitative estimate of drug-likeness (QED) is 0.412. The Morgan fingerprint density at radius 3 is 2.58 bits per heavy atom. The minimum atomic E-state index is -0.525. The molecule has 3 rings (SSSR count). The number of nitro benzene ring substituents is 1. The molecule has 0 amide bonds. The maximum atomic E-state index is 12.3. The number of ether oxygens (including phenoxy) is 1. The van der Waals surface area contributed by atoms with Gasteiger partial charge in [-0.3, -0.25) is 10.1 Å². The summed E-state index contributed by atoms with van der Waals surface area (Å²) >= 11 is 0. The summed E-state index contributed by atoms with van der Waals surface area (Å²) in [5.41, 5.74) is 1.55. The Bertz CT molecular complexity index is 923. The van der Waals surface area contributed by atoms with Gasteiger partial charge in [-0.15, -0.1) is 0 Å². The standard InChI is InChI=1S/C18H14N2O4/c1-2-24-18(21)14-11-15(12-7-4-3-5-8-12)19-17-13(14)9-6-10-16(17)20(22)23/h3-11H,2H2,1H3. The van der Waals surface area contributed by atoms with Gasteiger partial charge in [0.25, 0.3) is 5.69 Å². The second-order valence-corrected chi connectivity index (χ2v) is 5.07. The molecule has 0 fully saturated rings. The van der Waals surface area contributed by atoms with Gasteiger partial charge in [0.1, 0.15) is 5.52 Å². The lowest BCUT2D eigenvalue weighted by Crippen LogP contribution is -2.07. The average molecular weight is 322 g/mol. The Balaban J connectivity index is 2.33. The lowest BCUT2D eigenvalue weighted by molar-refractivity contribution is -0.383. The minimum absolute atomic E-state index is 0.143. The molecule has 6 heteroatoms. The Morgan fingerprint density at radius 1 is 1.17 bits per heavy atom. The largest absolute Gasteiger partial charge is 0.462 e. The molecule has 0 bridgehead atoms. The number of benzene rings is 2. The van der Waals surface area contributed by atoms with E-state index in [0.717, 1.165) is 5.56 Å². The van der Waals surface area contributed by atoms with Crippen LogP contribution in [0.25, 0.3) is 22.2 Å². The number of nitro groups is 1. The van der Waals surface area contributed by atoms with Gasteiger partial charge in [0.15, 0.2) is 0 Å². The van der Waals surface area contributed by atoms with E-state index in [2.05, 4.69) is 4.98 Å². The molecule has 0 spiro atoms. The van der Waals surface area contributed by atoms with Crippen LogP contribution in [0.5, 0.6) is 0 Å². The summed E-state index contributed by atoms with van der Waals surface area (Å²) in [5, 5.41) is 11.7. The average Bonchev–Trinajstić information content (AvgIpc) is 2.61. The molecular weight excluding hydrogens is 308 g/mol. The molecule has 0 aliphatic heterocycles. The number of hydrogen-bond acceptors (Lipinski definition) is 5. The molecule has 0 atom stereocenters. The summed E-state index contributed by atoms with van der Waals surface area (Å²) in [6.07, 6.45) is 0. The maximum Gasteiger partial charge on any atom is 0.338 e. The summed E-state index contributed by atoms with van der Waals surface area (Å²) in [4.78, 5) is 27.5. The molecule has 0 aliphatic carbocycles. The highest BCUT2D eigenvalue weighted by molar-refractivity contribution is 6.06. The van der Waals surface area contributed by atoms with E-state index >= 15 is 0 Å². The summed E-state index contributed by atoms with van der Waals surface area (Å²) in [7, 11) is 0. The van der Waals surface area contributed by atoms with Crippen molar-refractivity contribution in [3.05, 3.63) is 70.3 Å². The first-order valence-corrected chi connectivity index (χ1v) is 7.42. The zero-order valence-electron chi connectivity index (χ0n) is 12.9. The third-order valence-corrected chi connectivity index (χ3v) is 3.58. The lowest BCUT2D eigenvalue weighted by Gasteiger charge is -2.09. The number of esters is 1. The molecule has 0 N–H and O–H groups in total. The van der Waals surface area contributed by atoms with Crippen molar-refractivity contribution in [1.82, 2.24) is 4.98 Å². The van der Waals surface area contributed by atoms with Crippen LogP contribution in [0.3, 0.4) is 0 Å². The molecule has 3 aromatic rings. The zero-order valence-corrected chi connectivity index (χ0v) is 12.9. The Morgan fingerprint density at radius 2 is 1.92 bits per heavy atom. The third kappa shape index (κ3) is 2.81. The molecule has 1 heterocycles. The zero-order chi connectivity index (χ0) is 17.1. The van der Waals surface area contributed by atoms with Gasteiger partial charge in [0.2, 0.25) is 0 Å². The van der Waals surface area contributed by atoms with Gasteiger partial charge in [-0.2, -0.15) is 0 Å². The van der Waals surface area contributed by atoms with Crippen molar-refractivity contribution in [2.45, 2.75) is 6.92 Å². The van der Waals surface area contributed by atoms with Gasteiger partial charge >= 0.3 is 5.97 Å². The fraction of sp³-hybridized carbons (Fsp3) is 0.111. The van der Waals surface area contributed by atoms with Crippen LogP contribution >= 0.6 is 0 Å². The molecule has 0 aliphatic rings. The lowest BCUT2D eigenvalue weighted by atomic mass is 10.0. The van der Waals surface area contributed by atoms with E-state index in [1.54, 1.807) is 19.1 Å². The highest BCUT2D eigenvalue weighted by atomic mass is 16.6. The first-order chi connectivity index (χ1) is 11.6. The number of pyridine rings is 1. The van der Waals surface area contributed by atoms with E-state index in [9.17, 15) is 14.9 Å². The van der Waals surface area contributed by atoms with Crippen LogP contribution in [0, 0.1) is 10.1 Å². The topological polar surface area (TPSA) is 82.3 Å². The fourth-order valence-corrected chi connectivity index (χ4v) is 2.52. The second-order valence-electron chi connectivity index (χ2n) is 5.07. The Kier molecular flexibility index (Phi) is 4.20. The number of fused-ring (bicyclic) bond motifs is 1. The number of rotatable bonds is 4. The van der Waals surface area contributed by atoms with E-state index in [1.807, 2.05) is 30.3 Å². The van der Waals surface area contributed by atoms with E-state index in [-0.39, 0.29) is 23.4 Å². The number of carbonyl (C=O) groups excluding carboxylic acids is 1. The highest BCUT2D eigenvalue weighted by Gasteiger charge is 2.20. The van der Waals surface area contributed by atoms with Crippen LogP contribution in [-0.4, -0.2) is 22.5 Å². The van der Waals surface area contributed by atoms with Crippen molar-refractivity contribution in [3.8, 4) is 11.3 Å². The number of nitrogens with zero attached hydrogens (tertiary/aromatic N) is 2. The van der Waals surface area contributed by atoms with E-state index in [1.165, 1.54) is 12.1 Å². The second kappa shape index (κ2) is 6.45. The molecule has 2 aromatic carbocycles. The normalized spacial score (nSPS) is 10.5. The van der Waals surface area contributed by atoms with Crippen LogP contribution < -0.4 is 0 Å². The molecular formula is C18H14N2O4. The van der Waals surface area contributed by atoms with E-state index in [4.69, 9.17) is 4.74 Å². The minimum Gasteiger partial charge on any atom is -0.462 e. The summed E-state index contributed by atoms with van der Waals surface area (Å²) < 4.78 is 5.09. The predicted octanol–water partition coefficient (Wildman–Crippen LogP) is 3.99. The number of hydrogen-bond donors (Lipinski definition) is 0. The monoisotopic (exact) mass is 322 g/mol. The van der Waals surface area contributed by atoms with Crippen LogP contribution in [0.2, 0.25) is 0 Å². The molecule has 0 saturated carbocycles. The molecule has 6 nitrogen and oxygen atoms in total.